The predicted octanol–water partition coefficient (Wildman–Crippen LogP) is 6.50. The van der Waals surface area contributed by atoms with Gasteiger partial charge in [-0.25, -0.2) is 0 Å². The van der Waals surface area contributed by atoms with Crippen LogP contribution in [0.25, 0.3) is 0 Å². The molecule has 2 aromatic heterocycles. The molecule has 6 aromatic rings. The van der Waals surface area contributed by atoms with E-state index in [4.69, 9.17) is 37.9 Å². The van der Waals surface area contributed by atoms with Gasteiger partial charge in [0.1, 0.15) is 0 Å². The van der Waals surface area contributed by atoms with Crippen LogP contribution in [0.4, 0.5) is 35.7 Å². The van der Waals surface area contributed by atoms with Crippen LogP contribution in [-0.2, 0) is 26.2 Å². The Morgan fingerprint density at radius 2 is 0.547 bits per heavy atom. The van der Waals surface area contributed by atoms with Crippen molar-refractivity contribution in [2.45, 2.75) is 51.9 Å². The standard InChI is InChI=1S/C44H46N12O8/c1(3-13-45-39-51-41(47-19-27-5-9-31-35(15-27)61-23-57-31)55-42(52-39)48-20-28-6-10-32-36(16-28)62-24-58-32)2-4-14-46-40-53-43(49-21-29-7-11-33-37(17-29)63-25-59-33)56-44(54-40)50-22-30-8-12-34-38(18-30)64-26-60-34/h5-12,15-18H,1-4,13-14,19-26H2,(H3,45,47,48,51,52,55)(H3,46,49,50,53,54,56). The first-order valence-corrected chi connectivity index (χ1v) is 21.1. The maximum absolute atomic E-state index is 5.55. The molecule has 20 heteroatoms. The number of nitrogens with one attached hydrogen (secondary N) is 6. The van der Waals surface area contributed by atoms with Crippen molar-refractivity contribution in [1.82, 2.24) is 29.9 Å². The zero-order chi connectivity index (χ0) is 42.9. The molecule has 64 heavy (non-hydrogen) atoms. The summed E-state index contributed by atoms with van der Waals surface area (Å²) < 4.78 is 44.0. The third kappa shape index (κ3) is 10.1. The topological polar surface area (TPSA) is 223 Å². The number of benzene rings is 4. The van der Waals surface area contributed by atoms with Crippen molar-refractivity contribution in [3.63, 3.8) is 0 Å². The van der Waals surface area contributed by atoms with Crippen molar-refractivity contribution >= 4 is 35.7 Å². The molecule has 0 spiro atoms. The fraction of sp³-hybridized carbons (Fsp3) is 0.318. The highest BCUT2D eigenvalue weighted by Crippen LogP contribution is 2.35. The number of ether oxygens (including phenoxy) is 8. The van der Waals surface area contributed by atoms with Crippen LogP contribution in [0.1, 0.15) is 47.9 Å². The van der Waals surface area contributed by atoms with Crippen LogP contribution in [0.5, 0.6) is 46.0 Å². The minimum Gasteiger partial charge on any atom is -0.454 e. The molecule has 6 heterocycles. The van der Waals surface area contributed by atoms with Crippen molar-refractivity contribution in [1.29, 1.82) is 0 Å². The van der Waals surface area contributed by atoms with Gasteiger partial charge in [-0.2, -0.15) is 29.9 Å². The van der Waals surface area contributed by atoms with Gasteiger partial charge >= 0.3 is 0 Å². The predicted molar refractivity (Wildman–Crippen MR) is 235 cm³/mol. The Morgan fingerprint density at radius 3 is 0.828 bits per heavy atom. The molecule has 4 aromatic carbocycles. The summed E-state index contributed by atoms with van der Waals surface area (Å²) >= 11 is 0. The quantitative estimate of drug-likeness (QED) is 0.0425. The molecule has 330 valence electrons. The first-order valence-electron chi connectivity index (χ1n) is 21.1. The van der Waals surface area contributed by atoms with E-state index >= 15 is 0 Å². The molecule has 0 radical (unpaired) electrons. The lowest BCUT2D eigenvalue weighted by atomic mass is 10.2. The van der Waals surface area contributed by atoms with Gasteiger partial charge in [0.05, 0.1) is 0 Å². The zero-order valence-corrected chi connectivity index (χ0v) is 34.8. The number of fused-ring (bicyclic) bond motifs is 4. The van der Waals surface area contributed by atoms with Crippen LogP contribution >= 0.6 is 0 Å². The van der Waals surface area contributed by atoms with Crippen molar-refractivity contribution in [2.75, 3.05) is 72.2 Å². The average Bonchev–Trinajstić information content (AvgIpc) is 4.17. The monoisotopic (exact) mass is 870 g/mol. The van der Waals surface area contributed by atoms with E-state index in [-0.39, 0.29) is 27.2 Å². The number of anilines is 6. The van der Waals surface area contributed by atoms with E-state index in [1.165, 1.54) is 0 Å². The fourth-order valence-electron chi connectivity index (χ4n) is 7.16. The number of hydrogen-bond donors (Lipinski definition) is 6. The molecular weight excluding hydrogens is 825 g/mol. The fourth-order valence-corrected chi connectivity index (χ4v) is 7.16. The summed E-state index contributed by atoms with van der Waals surface area (Å²) in [4.78, 5) is 28.0. The molecule has 0 fully saturated rings. The molecule has 20 nitrogen and oxygen atoms in total. The molecular formula is C44H46N12O8. The van der Waals surface area contributed by atoms with Gasteiger partial charge in [0.15, 0.2) is 46.0 Å². The lowest BCUT2D eigenvalue weighted by Crippen LogP contribution is -2.14. The third-order valence-electron chi connectivity index (χ3n) is 10.5. The van der Waals surface area contributed by atoms with Gasteiger partial charge in [-0.15, -0.1) is 0 Å². The summed E-state index contributed by atoms with van der Waals surface area (Å²) in [7, 11) is 0. The van der Waals surface area contributed by atoms with E-state index in [0.29, 0.717) is 75.0 Å². The minimum absolute atomic E-state index is 0.221. The van der Waals surface area contributed by atoms with E-state index in [2.05, 4.69) is 61.8 Å². The van der Waals surface area contributed by atoms with Gasteiger partial charge in [0, 0.05) is 39.3 Å². The summed E-state index contributed by atoms with van der Waals surface area (Å²) in [6.07, 6.45) is 3.82. The number of nitrogens with zero attached hydrogens (tertiary/aromatic N) is 6. The lowest BCUT2D eigenvalue weighted by Gasteiger charge is -2.12. The molecule has 0 saturated heterocycles. The van der Waals surface area contributed by atoms with Crippen LogP contribution in [0.15, 0.2) is 72.8 Å². The Balaban J connectivity index is 0.718. The maximum Gasteiger partial charge on any atom is 0.231 e. The number of unbranched alkanes of at least 4 members (excludes halogenated alkanes) is 3. The highest BCUT2D eigenvalue weighted by atomic mass is 16.7. The molecule has 0 unspecified atom stereocenters. The van der Waals surface area contributed by atoms with Crippen LogP contribution in [0.3, 0.4) is 0 Å². The van der Waals surface area contributed by atoms with E-state index in [9.17, 15) is 0 Å². The molecule has 0 amide bonds. The average molecular weight is 871 g/mol. The van der Waals surface area contributed by atoms with Gasteiger partial charge in [-0.3, -0.25) is 0 Å². The Hall–Kier alpha value is -7.90. The highest BCUT2D eigenvalue weighted by Gasteiger charge is 2.18. The highest BCUT2D eigenvalue weighted by molar-refractivity contribution is 5.50. The first kappa shape index (κ1) is 40.2. The molecule has 0 bridgehead atoms. The van der Waals surface area contributed by atoms with E-state index in [1.54, 1.807) is 0 Å². The molecule has 10 rings (SSSR count). The van der Waals surface area contributed by atoms with Crippen molar-refractivity contribution in [3.8, 4) is 46.0 Å². The molecule has 0 saturated carbocycles. The van der Waals surface area contributed by atoms with Gasteiger partial charge in [-0.05, 0) is 83.6 Å². The van der Waals surface area contributed by atoms with Crippen LogP contribution in [0, 0.1) is 0 Å². The van der Waals surface area contributed by atoms with Gasteiger partial charge in [-0.1, -0.05) is 37.1 Å². The zero-order valence-electron chi connectivity index (χ0n) is 34.8. The molecule has 4 aliphatic heterocycles. The van der Waals surface area contributed by atoms with Crippen molar-refractivity contribution in [2.24, 2.45) is 0 Å². The molecule has 0 atom stereocenters. The van der Waals surface area contributed by atoms with E-state index in [0.717, 1.165) is 93.9 Å². The normalized spacial score (nSPS) is 13.4. The number of rotatable bonds is 21. The van der Waals surface area contributed by atoms with Crippen molar-refractivity contribution < 1.29 is 37.9 Å². The van der Waals surface area contributed by atoms with Crippen LogP contribution in [-0.4, -0.2) is 70.2 Å². The summed E-state index contributed by atoms with van der Waals surface area (Å²) in [6, 6.07) is 23.3. The number of aromatic nitrogens is 6. The van der Waals surface area contributed by atoms with E-state index < -0.39 is 0 Å². The largest absolute Gasteiger partial charge is 0.454 e. The maximum atomic E-state index is 5.55. The van der Waals surface area contributed by atoms with Crippen LogP contribution < -0.4 is 69.8 Å². The van der Waals surface area contributed by atoms with Crippen molar-refractivity contribution in [3.05, 3.63) is 95.1 Å². The Bertz CT molecular complexity index is 2270. The summed E-state index contributed by atoms with van der Waals surface area (Å²) in [5, 5.41) is 20.1. The Labute approximate surface area is 367 Å². The summed E-state index contributed by atoms with van der Waals surface area (Å²) in [5.74, 6) is 8.50. The SMILES string of the molecule is c1cc2c(cc1CNc1nc(NCCCCCCNc3nc(NCc4ccc5c(c4)OCO5)nc(NCc4ccc5c(c4)OCO5)n3)nc(NCc3ccc4c(c3)OCO4)n1)OCO2. The summed E-state index contributed by atoms with van der Waals surface area (Å²) in [6.45, 7) is 4.19. The number of hydrogen-bond acceptors (Lipinski definition) is 20. The second-order valence-electron chi connectivity index (χ2n) is 15.0. The first-order chi connectivity index (χ1) is 31.6. The summed E-state index contributed by atoms with van der Waals surface area (Å²) in [5.41, 5.74) is 4.01. The van der Waals surface area contributed by atoms with Gasteiger partial charge in [0.25, 0.3) is 0 Å². The minimum atomic E-state index is 0.221. The lowest BCUT2D eigenvalue weighted by molar-refractivity contribution is 0.173. The van der Waals surface area contributed by atoms with Crippen LogP contribution in [0.2, 0.25) is 0 Å². The molecule has 0 aliphatic carbocycles. The van der Waals surface area contributed by atoms with Gasteiger partial charge < -0.3 is 69.8 Å². The smallest absolute Gasteiger partial charge is 0.231 e. The van der Waals surface area contributed by atoms with E-state index in [1.807, 2.05) is 72.8 Å². The van der Waals surface area contributed by atoms with Gasteiger partial charge in [0.2, 0.25) is 62.9 Å². The molecule has 4 aliphatic rings. The Kier molecular flexibility index (Phi) is 11.9. The second-order valence-corrected chi connectivity index (χ2v) is 15.0. The third-order valence-corrected chi connectivity index (χ3v) is 10.5. The molecule has 6 N–H and O–H groups in total. The Morgan fingerprint density at radius 1 is 0.297 bits per heavy atom. The second kappa shape index (κ2) is 19.0.